The van der Waals surface area contributed by atoms with Crippen LogP contribution in [0.2, 0.25) is 0 Å². The quantitative estimate of drug-likeness (QED) is 0.868. The number of hydrogen-bond acceptors (Lipinski definition) is 4. The van der Waals surface area contributed by atoms with E-state index in [4.69, 9.17) is 18.0 Å². The first-order valence-corrected chi connectivity index (χ1v) is 7.19. The number of anilines is 1. The van der Waals surface area contributed by atoms with Gasteiger partial charge in [-0.2, -0.15) is 8.42 Å². The molecule has 5 nitrogen and oxygen atoms in total. The molecule has 0 atom stereocenters. The van der Waals surface area contributed by atoms with Crippen molar-refractivity contribution in [3.63, 3.8) is 0 Å². The van der Waals surface area contributed by atoms with Crippen molar-refractivity contribution in [1.82, 2.24) is 4.98 Å². The van der Waals surface area contributed by atoms with Gasteiger partial charge in [0.25, 0.3) is 10.0 Å². The van der Waals surface area contributed by atoms with Crippen LogP contribution in [-0.4, -0.2) is 18.5 Å². The molecule has 1 aromatic heterocycles. The monoisotopic (exact) mass is 293 g/mol. The number of hydrogen-bond donors (Lipinski definition) is 1. The highest BCUT2D eigenvalue weighted by Gasteiger charge is 2.28. The van der Waals surface area contributed by atoms with Crippen LogP contribution in [0.15, 0.2) is 59.8 Å². The summed E-state index contributed by atoms with van der Waals surface area (Å²) >= 11 is 4.84. The van der Waals surface area contributed by atoms with Crippen molar-refractivity contribution in [2.24, 2.45) is 5.73 Å². The van der Waals surface area contributed by atoms with Gasteiger partial charge in [0.2, 0.25) is 0 Å². The molecule has 2 aromatic rings. The minimum atomic E-state index is -3.90. The molecule has 98 valence electrons. The first-order chi connectivity index (χ1) is 9.03. The van der Waals surface area contributed by atoms with Crippen LogP contribution in [0.5, 0.6) is 0 Å². The number of nitrogens with two attached hydrogens (primary N) is 1. The van der Waals surface area contributed by atoms with Gasteiger partial charge in [-0.1, -0.05) is 24.3 Å². The largest absolute Gasteiger partial charge is 0.375 e. The Bertz CT molecular complexity index is 673. The number of aromatic nitrogens is 1. The Morgan fingerprint density at radius 2 is 1.74 bits per heavy atom. The van der Waals surface area contributed by atoms with E-state index in [9.17, 15) is 8.42 Å². The standard InChI is InChI=1S/C12H11N3O2S2/c13-12(18)15(10-6-2-1-3-7-10)19(16,17)11-8-4-5-9-14-11/h1-9H,(H2,13,18). The van der Waals surface area contributed by atoms with Gasteiger partial charge in [-0.05, 0) is 36.5 Å². The van der Waals surface area contributed by atoms with E-state index >= 15 is 0 Å². The molecule has 0 unspecified atom stereocenters. The molecule has 0 aliphatic carbocycles. The van der Waals surface area contributed by atoms with E-state index in [1.54, 1.807) is 42.5 Å². The van der Waals surface area contributed by atoms with Gasteiger partial charge in [0.05, 0.1) is 5.69 Å². The number of rotatable bonds is 3. The Kier molecular flexibility index (Phi) is 3.77. The predicted octanol–water partition coefficient (Wildman–Crippen LogP) is 1.52. The molecule has 0 aliphatic rings. The lowest BCUT2D eigenvalue weighted by Gasteiger charge is -2.21. The number of para-hydroxylation sites is 1. The van der Waals surface area contributed by atoms with Crippen molar-refractivity contribution in [2.45, 2.75) is 5.03 Å². The summed E-state index contributed by atoms with van der Waals surface area (Å²) < 4.78 is 25.8. The molecule has 0 saturated carbocycles. The second-order valence-corrected chi connectivity index (χ2v) is 5.76. The fourth-order valence-corrected chi connectivity index (χ4v) is 3.21. The highest BCUT2D eigenvalue weighted by atomic mass is 32.2. The SMILES string of the molecule is NC(=S)N(c1ccccc1)S(=O)(=O)c1ccccn1. The van der Waals surface area contributed by atoms with Gasteiger partial charge in [-0.3, -0.25) is 0 Å². The number of sulfonamides is 1. The van der Waals surface area contributed by atoms with Crippen LogP contribution in [-0.2, 0) is 10.0 Å². The van der Waals surface area contributed by atoms with Crippen molar-refractivity contribution in [1.29, 1.82) is 0 Å². The van der Waals surface area contributed by atoms with Gasteiger partial charge in [-0.15, -0.1) is 0 Å². The molecule has 0 spiro atoms. The van der Waals surface area contributed by atoms with Gasteiger partial charge in [-0.25, -0.2) is 9.29 Å². The number of nitrogens with zero attached hydrogens (tertiary/aromatic N) is 2. The van der Waals surface area contributed by atoms with Crippen molar-refractivity contribution in [3.05, 3.63) is 54.7 Å². The second-order valence-electron chi connectivity index (χ2n) is 3.61. The Labute approximate surface area is 116 Å². The van der Waals surface area contributed by atoms with Crippen molar-refractivity contribution < 1.29 is 8.42 Å². The molecule has 0 fully saturated rings. The van der Waals surface area contributed by atoms with Crippen molar-refractivity contribution in [3.8, 4) is 0 Å². The summed E-state index contributed by atoms with van der Waals surface area (Å²) in [6.45, 7) is 0. The highest BCUT2D eigenvalue weighted by molar-refractivity contribution is 7.95. The van der Waals surface area contributed by atoms with Crippen LogP contribution < -0.4 is 10.0 Å². The first-order valence-electron chi connectivity index (χ1n) is 5.34. The molecule has 1 heterocycles. The fraction of sp³-hybridized carbons (Fsp3) is 0. The molecule has 0 aliphatic heterocycles. The van der Waals surface area contributed by atoms with E-state index in [-0.39, 0.29) is 10.1 Å². The summed E-state index contributed by atoms with van der Waals surface area (Å²) in [7, 11) is -3.90. The van der Waals surface area contributed by atoms with Gasteiger partial charge in [0.1, 0.15) is 0 Å². The predicted molar refractivity (Wildman–Crippen MR) is 77.1 cm³/mol. The molecule has 0 bridgehead atoms. The molecule has 1 aromatic carbocycles. The lowest BCUT2D eigenvalue weighted by atomic mass is 10.3. The van der Waals surface area contributed by atoms with Crippen LogP contribution in [0, 0.1) is 0 Å². The van der Waals surface area contributed by atoms with Crippen molar-refractivity contribution in [2.75, 3.05) is 4.31 Å². The fourth-order valence-electron chi connectivity index (χ4n) is 1.54. The molecule has 0 amide bonds. The van der Waals surface area contributed by atoms with Gasteiger partial charge in [0, 0.05) is 6.20 Å². The third-order valence-corrected chi connectivity index (χ3v) is 4.29. The van der Waals surface area contributed by atoms with Crippen LogP contribution in [0.4, 0.5) is 5.69 Å². The molecule has 2 rings (SSSR count). The smallest absolute Gasteiger partial charge is 0.287 e. The normalized spacial score (nSPS) is 10.9. The summed E-state index contributed by atoms with van der Waals surface area (Å²) in [5, 5.41) is -0.358. The Balaban J connectivity index is 2.55. The Hall–Kier alpha value is -1.99. The molecular formula is C12H11N3O2S2. The van der Waals surface area contributed by atoms with Crippen LogP contribution in [0.1, 0.15) is 0 Å². The van der Waals surface area contributed by atoms with Crippen LogP contribution in [0.25, 0.3) is 0 Å². The maximum atomic E-state index is 12.5. The zero-order valence-corrected chi connectivity index (χ0v) is 11.4. The first kappa shape index (κ1) is 13.4. The Morgan fingerprint density at radius 3 is 2.26 bits per heavy atom. The minimum Gasteiger partial charge on any atom is -0.375 e. The van der Waals surface area contributed by atoms with E-state index in [0.29, 0.717) is 5.69 Å². The summed E-state index contributed by atoms with van der Waals surface area (Å²) in [5.74, 6) is 0. The lowest BCUT2D eigenvalue weighted by Crippen LogP contribution is -2.40. The minimum absolute atomic E-state index is 0.105. The summed E-state index contributed by atoms with van der Waals surface area (Å²) in [6, 6.07) is 13.0. The second kappa shape index (κ2) is 5.33. The average molecular weight is 293 g/mol. The summed E-state index contributed by atoms with van der Waals surface area (Å²) in [5.41, 5.74) is 5.92. The maximum absolute atomic E-state index is 12.5. The molecule has 19 heavy (non-hydrogen) atoms. The molecule has 0 saturated heterocycles. The van der Waals surface area contributed by atoms with E-state index in [1.165, 1.54) is 12.3 Å². The molecule has 7 heteroatoms. The van der Waals surface area contributed by atoms with Gasteiger partial charge < -0.3 is 5.73 Å². The average Bonchev–Trinajstić information content (AvgIpc) is 2.40. The summed E-state index contributed by atoms with van der Waals surface area (Å²) in [4.78, 5) is 3.83. The number of pyridine rings is 1. The van der Waals surface area contributed by atoms with Crippen LogP contribution in [0.3, 0.4) is 0 Å². The molecule has 0 radical (unpaired) electrons. The highest BCUT2D eigenvalue weighted by Crippen LogP contribution is 2.21. The molecular weight excluding hydrogens is 282 g/mol. The van der Waals surface area contributed by atoms with E-state index in [0.717, 1.165) is 4.31 Å². The van der Waals surface area contributed by atoms with E-state index < -0.39 is 10.0 Å². The topological polar surface area (TPSA) is 76.3 Å². The van der Waals surface area contributed by atoms with E-state index in [1.807, 2.05) is 0 Å². The third-order valence-electron chi connectivity index (χ3n) is 2.33. The number of benzene rings is 1. The third kappa shape index (κ3) is 2.72. The zero-order valence-electron chi connectivity index (χ0n) is 9.80. The summed E-state index contributed by atoms with van der Waals surface area (Å²) in [6.07, 6.45) is 1.40. The van der Waals surface area contributed by atoms with Crippen LogP contribution >= 0.6 is 12.2 Å². The van der Waals surface area contributed by atoms with E-state index in [2.05, 4.69) is 4.98 Å². The van der Waals surface area contributed by atoms with Gasteiger partial charge >= 0.3 is 0 Å². The Morgan fingerprint density at radius 1 is 1.11 bits per heavy atom. The van der Waals surface area contributed by atoms with Crippen molar-refractivity contribution >= 4 is 33.0 Å². The lowest BCUT2D eigenvalue weighted by molar-refractivity contribution is 0.593. The maximum Gasteiger partial charge on any atom is 0.287 e. The zero-order chi connectivity index (χ0) is 13.9. The number of thiocarbonyl (C=S) groups is 1. The molecule has 2 N–H and O–H groups in total. The van der Waals surface area contributed by atoms with Gasteiger partial charge in [0.15, 0.2) is 10.1 Å².